The van der Waals surface area contributed by atoms with Gasteiger partial charge in [-0.15, -0.1) is 33.7 Å². The topological polar surface area (TPSA) is 0 Å². The first-order valence-corrected chi connectivity index (χ1v) is 11.0. The molecular formula is C24H27F2SiZr. The number of rotatable bonds is 1. The van der Waals surface area contributed by atoms with E-state index in [9.17, 15) is 0 Å². The van der Waals surface area contributed by atoms with Gasteiger partial charge in [0.1, 0.15) is 0 Å². The van der Waals surface area contributed by atoms with Crippen LogP contribution in [-0.2, 0) is 26.2 Å². The zero-order chi connectivity index (χ0) is 18.0. The van der Waals surface area contributed by atoms with E-state index in [2.05, 4.69) is 94.5 Å². The van der Waals surface area contributed by atoms with Crippen molar-refractivity contribution in [1.29, 1.82) is 0 Å². The van der Waals surface area contributed by atoms with Gasteiger partial charge in [0.05, 0.1) is 0 Å². The van der Waals surface area contributed by atoms with Crippen molar-refractivity contribution in [3.63, 3.8) is 0 Å². The average molecular weight is 473 g/mol. The molecule has 0 saturated carbocycles. The molecule has 0 spiro atoms. The molecule has 0 saturated heterocycles. The third kappa shape index (κ3) is 5.42. The third-order valence-corrected chi connectivity index (χ3v) is 4.74. The summed E-state index contributed by atoms with van der Waals surface area (Å²) < 4.78 is 0. The predicted molar refractivity (Wildman–Crippen MR) is 115 cm³/mol. The van der Waals surface area contributed by atoms with E-state index >= 15 is 0 Å². The third-order valence-electron chi connectivity index (χ3n) is 4.74. The van der Waals surface area contributed by atoms with Crippen LogP contribution in [0.5, 0.6) is 0 Å². The SMILES string of the molecule is CC(C)(C)C1=CCC(c2cccc3c2[cH-]c2ccccc23)=C1.C[Si]C.[F-].[F-].[Zr+3]. The van der Waals surface area contributed by atoms with Crippen LogP contribution in [0.25, 0.3) is 27.1 Å². The van der Waals surface area contributed by atoms with Gasteiger partial charge in [-0.1, -0.05) is 93.6 Å². The maximum Gasteiger partial charge on any atom is 3.00 e. The van der Waals surface area contributed by atoms with Gasteiger partial charge in [-0.3, -0.25) is 0 Å². The van der Waals surface area contributed by atoms with Crippen LogP contribution >= 0.6 is 0 Å². The van der Waals surface area contributed by atoms with E-state index < -0.39 is 0 Å². The Bertz CT molecular complexity index is 962. The average Bonchev–Trinajstić information content (AvgIpc) is 3.20. The van der Waals surface area contributed by atoms with Crippen LogP contribution in [0.3, 0.4) is 0 Å². The monoisotopic (exact) mass is 471 g/mol. The minimum Gasteiger partial charge on any atom is -1.00 e. The molecule has 0 unspecified atom stereocenters. The molecule has 4 heteroatoms. The quantitative estimate of drug-likeness (QED) is 0.370. The number of allylic oxidation sites excluding steroid dienone is 4. The summed E-state index contributed by atoms with van der Waals surface area (Å²) in [5.41, 5.74) is 4.53. The van der Waals surface area contributed by atoms with E-state index in [0.29, 0.717) is 0 Å². The minimum atomic E-state index is 0. The van der Waals surface area contributed by atoms with Crippen LogP contribution in [0.2, 0.25) is 13.1 Å². The standard InChI is InChI=1S/C22H21.C2H6Si.2FH.Zr/c1-22(2,3)17-12-11-16(13-17)19-9-6-10-20-18-8-5-4-7-15(18)14-21(19)20;1-3-2;;;/h4-10,12-14H,11H2,1-3H3;1-2H3;2*1H;/q-1;;;;+3/p-2. The summed E-state index contributed by atoms with van der Waals surface area (Å²) in [7, 11) is 1.08. The Morgan fingerprint density at radius 1 is 0.893 bits per heavy atom. The van der Waals surface area contributed by atoms with E-state index in [1.807, 2.05) is 0 Å². The van der Waals surface area contributed by atoms with Crippen LogP contribution in [0.4, 0.5) is 0 Å². The normalized spacial score (nSPS) is 12.8. The molecule has 4 rings (SSSR count). The number of halogens is 2. The Kier molecular flexibility index (Phi) is 10.6. The summed E-state index contributed by atoms with van der Waals surface area (Å²) >= 11 is 0. The first kappa shape index (κ1) is 26.8. The summed E-state index contributed by atoms with van der Waals surface area (Å²) in [4.78, 5) is 0. The molecule has 0 nitrogen and oxygen atoms in total. The zero-order valence-corrected chi connectivity index (χ0v) is 20.7. The van der Waals surface area contributed by atoms with Crippen LogP contribution in [0.15, 0.2) is 66.3 Å². The Labute approximate surface area is 189 Å². The Hall–Kier alpha value is -1.25. The van der Waals surface area contributed by atoms with Gasteiger partial charge in [0.25, 0.3) is 0 Å². The molecule has 0 aromatic heterocycles. The van der Waals surface area contributed by atoms with Gasteiger partial charge in [-0.2, -0.15) is 0 Å². The van der Waals surface area contributed by atoms with Crippen LogP contribution in [0, 0.1) is 5.41 Å². The molecule has 145 valence electrons. The summed E-state index contributed by atoms with van der Waals surface area (Å²) in [6.07, 6.45) is 5.83. The molecule has 3 radical (unpaired) electrons. The predicted octanol–water partition coefficient (Wildman–Crippen LogP) is 1.26. The van der Waals surface area contributed by atoms with Gasteiger partial charge >= 0.3 is 26.2 Å². The second kappa shape index (κ2) is 11.1. The van der Waals surface area contributed by atoms with Gasteiger partial charge in [-0.25, -0.2) is 0 Å². The fraction of sp³-hybridized carbons (Fsp3) is 0.292. The first-order chi connectivity index (χ1) is 12.0. The van der Waals surface area contributed by atoms with E-state index in [4.69, 9.17) is 0 Å². The van der Waals surface area contributed by atoms with Crippen molar-refractivity contribution in [2.24, 2.45) is 5.41 Å². The van der Waals surface area contributed by atoms with Crippen molar-refractivity contribution < 1.29 is 35.6 Å². The molecule has 3 aromatic carbocycles. The number of fused-ring (bicyclic) bond motifs is 3. The second-order valence-electron chi connectivity index (χ2n) is 7.78. The van der Waals surface area contributed by atoms with Crippen molar-refractivity contribution in [1.82, 2.24) is 0 Å². The van der Waals surface area contributed by atoms with Crippen molar-refractivity contribution in [3.8, 4) is 0 Å². The molecule has 28 heavy (non-hydrogen) atoms. The van der Waals surface area contributed by atoms with Crippen molar-refractivity contribution in [2.75, 3.05) is 0 Å². The van der Waals surface area contributed by atoms with Crippen LogP contribution < -0.4 is 9.41 Å². The fourth-order valence-corrected chi connectivity index (χ4v) is 3.50. The summed E-state index contributed by atoms with van der Waals surface area (Å²) in [6, 6.07) is 17.7. The van der Waals surface area contributed by atoms with Crippen LogP contribution in [0.1, 0.15) is 32.8 Å². The summed E-state index contributed by atoms with van der Waals surface area (Å²) in [6.45, 7) is 11.2. The van der Waals surface area contributed by atoms with Gasteiger partial charge in [0, 0.05) is 9.52 Å². The van der Waals surface area contributed by atoms with Gasteiger partial charge in [-0.05, 0) is 17.4 Å². The zero-order valence-electron chi connectivity index (χ0n) is 17.2. The van der Waals surface area contributed by atoms with Crippen molar-refractivity contribution in [2.45, 2.75) is 40.3 Å². The fourth-order valence-electron chi connectivity index (χ4n) is 3.50. The number of hydrogen-bond acceptors (Lipinski definition) is 0. The largest absolute Gasteiger partial charge is 3.00 e. The molecular weight excluding hydrogens is 446 g/mol. The molecule has 1 aliphatic rings. The Morgan fingerprint density at radius 3 is 2.11 bits per heavy atom. The summed E-state index contributed by atoms with van der Waals surface area (Å²) in [5, 5.41) is 5.46. The summed E-state index contributed by atoms with van der Waals surface area (Å²) in [5.74, 6) is 0. The van der Waals surface area contributed by atoms with E-state index in [1.165, 1.54) is 38.3 Å². The number of benzene rings is 2. The van der Waals surface area contributed by atoms with Gasteiger partial charge in [0.2, 0.25) is 0 Å². The Balaban J connectivity index is 0.00000115. The molecule has 0 atom stereocenters. The molecule has 0 fully saturated rings. The molecule has 0 bridgehead atoms. The van der Waals surface area contributed by atoms with Gasteiger partial charge in [0.15, 0.2) is 0 Å². The molecule has 3 aromatic rings. The van der Waals surface area contributed by atoms with E-state index in [0.717, 1.165) is 15.9 Å². The molecule has 0 aliphatic heterocycles. The number of hydrogen-bond donors (Lipinski definition) is 0. The van der Waals surface area contributed by atoms with Crippen molar-refractivity contribution >= 4 is 36.6 Å². The molecule has 0 N–H and O–H groups in total. The first-order valence-electron chi connectivity index (χ1n) is 9.03. The molecule has 0 amide bonds. The van der Waals surface area contributed by atoms with Gasteiger partial charge < -0.3 is 9.41 Å². The van der Waals surface area contributed by atoms with Crippen molar-refractivity contribution in [3.05, 3.63) is 71.8 Å². The van der Waals surface area contributed by atoms with E-state index in [-0.39, 0.29) is 41.0 Å². The maximum absolute atomic E-state index is 2.40. The van der Waals surface area contributed by atoms with E-state index in [1.54, 1.807) is 0 Å². The minimum absolute atomic E-state index is 0. The second-order valence-corrected chi connectivity index (χ2v) is 8.78. The smallest absolute Gasteiger partial charge is 1.00 e. The molecule has 0 heterocycles. The maximum atomic E-state index is 2.40. The Morgan fingerprint density at radius 2 is 1.50 bits per heavy atom. The van der Waals surface area contributed by atoms with Crippen LogP contribution in [-0.4, -0.2) is 9.52 Å². The molecule has 1 aliphatic carbocycles.